The molecule has 2 aromatic rings. The number of hydrogen-bond acceptors (Lipinski definition) is 9. The van der Waals surface area contributed by atoms with E-state index in [4.69, 9.17) is 10.6 Å². The molecule has 0 fully saturated rings. The summed E-state index contributed by atoms with van der Waals surface area (Å²) in [6.45, 7) is 2.53. The van der Waals surface area contributed by atoms with Crippen molar-refractivity contribution in [2.75, 3.05) is 12.0 Å². The van der Waals surface area contributed by atoms with Gasteiger partial charge in [-0.15, -0.1) is 0 Å². The second-order valence-corrected chi connectivity index (χ2v) is 4.35. The van der Waals surface area contributed by atoms with Gasteiger partial charge in [-0.05, 0) is 24.2 Å². The van der Waals surface area contributed by atoms with E-state index in [1.165, 1.54) is 18.1 Å². The summed E-state index contributed by atoms with van der Waals surface area (Å²) < 4.78 is 5.37. The predicted octanol–water partition coefficient (Wildman–Crippen LogP) is 0.887. The third-order valence-corrected chi connectivity index (χ3v) is 2.73. The number of nitrogens with one attached hydrogen (secondary N) is 1. The van der Waals surface area contributed by atoms with Crippen molar-refractivity contribution in [3.05, 3.63) is 18.6 Å². The standard InChI is InChI=1S/C10H13N7OS/c1-2-5-18-9-14-8(17-11)15-10(16-9)19-7-3-4-12-6-13-7/h3-4,6H,2,5,11H2,1H3,(H,14,15,16,17). The van der Waals surface area contributed by atoms with Gasteiger partial charge >= 0.3 is 6.01 Å². The third kappa shape index (κ3) is 4.00. The molecule has 0 aliphatic carbocycles. The largest absolute Gasteiger partial charge is 0.463 e. The molecule has 9 heteroatoms. The van der Waals surface area contributed by atoms with Crippen LogP contribution in [0.15, 0.2) is 28.8 Å². The second kappa shape index (κ2) is 6.81. The Balaban J connectivity index is 2.19. The Bertz CT molecular complexity index is 525. The Morgan fingerprint density at radius 1 is 1.37 bits per heavy atom. The summed E-state index contributed by atoms with van der Waals surface area (Å²) in [5.74, 6) is 5.56. The highest BCUT2D eigenvalue weighted by Crippen LogP contribution is 2.23. The van der Waals surface area contributed by atoms with Crippen LogP contribution in [0, 0.1) is 0 Å². The molecule has 0 aliphatic rings. The van der Waals surface area contributed by atoms with Gasteiger partial charge in [-0.3, -0.25) is 5.43 Å². The molecule has 0 amide bonds. The van der Waals surface area contributed by atoms with Crippen molar-refractivity contribution in [2.24, 2.45) is 5.84 Å². The van der Waals surface area contributed by atoms with E-state index >= 15 is 0 Å². The number of anilines is 1. The van der Waals surface area contributed by atoms with Crippen LogP contribution < -0.4 is 16.0 Å². The quantitative estimate of drug-likeness (QED) is 0.452. The number of nitrogens with two attached hydrogens (primary N) is 1. The van der Waals surface area contributed by atoms with Gasteiger partial charge in [-0.25, -0.2) is 15.8 Å². The first-order valence-electron chi connectivity index (χ1n) is 5.61. The minimum Gasteiger partial charge on any atom is -0.463 e. The van der Waals surface area contributed by atoms with Crippen LogP contribution >= 0.6 is 11.8 Å². The zero-order valence-electron chi connectivity index (χ0n) is 10.3. The van der Waals surface area contributed by atoms with Crippen molar-refractivity contribution < 1.29 is 4.74 Å². The molecule has 0 aromatic carbocycles. The van der Waals surface area contributed by atoms with Crippen molar-refractivity contribution in [1.29, 1.82) is 0 Å². The molecule has 0 spiro atoms. The van der Waals surface area contributed by atoms with Crippen molar-refractivity contribution in [3.63, 3.8) is 0 Å². The summed E-state index contributed by atoms with van der Waals surface area (Å²) in [4.78, 5) is 20.2. The highest BCUT2D eigenvalue weighted by molar-refractivity contribution is 7.99. The van der Waals surface area contributed by atoms with Crippen LogP contribution in [0.3, 0.4) is 0 Å². The Labute approximate surface area is 114 Å². The summed E-state index contributed by atoms with van der Waals surface area (Å²) in [5, 5.41) is 1.18. The Kier molecular flexibility index (Phi) is 4.81. The Morgan fingerprint density at radius 2 is 2.26 bits per heavy atom. The molecule has 0 bridgehead atoms. The summed E-state index contributed by atoms with van der Waals surface area (Å²) in [6, 6.07) is 2.00. The number of nitrogens with zero attached hydrogens (tertiary/aromatic N) is 5. The highest BCUT2D eigenvalue weighted by Gasteiger charge is 2.09. The van der Waals surface area contributed by atoms with Crippen molar-refractivity contribution in [1.82, 2.24) is 24.9 Å². The van der Waals surface area contributed by atoms with Gasteiger partial charge in [-0.1, -0.05) is 6.92 Å². The van der Waals surface area contributed by atoms with E-state index in [1.807, 2.05) is 6.92 Å². The van der Waals surface area contributed by atoms with E-state index in [0.717, 1.165) is 11.4 Å². The molecule has 8 nitrogen and oxygen atoms in total. The first kappa shape index (κ1) is 13.4. The molecular weight excluding hydrogens is 266 g/mol. The van der Waals surface area contributed by atoms with Gasteiger partial charge in [0.05, 0.1) is 6.61 Å². The molecular formula is C10H13N7OS. The number of rotatable bonds is 6. The number of hydrogen-bond donors (Lipinski definition) is 2. The smallest absolute Gasteiger partial charge is 0.322 e. The monoisotopic (exact) mass is 279 g/mol. The van der Waals surface area contributed by atoms with Crippen LogP contribution in [0.5, 0.6) is 6.01 Å². The van der Waals surface area contributed by atoms with Gasteiger partial charge < -0.3 is 4.74 Å². The van der Waals surface area contributed by atoms with Crippen LogP contribution in [0.25, 0.3) is 0 Å². The van der Waals surface area contributed by atoms with E-state index < -0.39 is 0 Å². The molecule has 3 N–H and O–H groups in total. The molecule has 0 saturated carbocycles. The number of nitrogen functional groups attached to an aromatic ring is 1. The van der Waals surface area contributed by atoms with Gasteiger partial charge in [0.2, 0.25) is 11.1 Å². The topological polar surface area (TPSA) is 112 Å². The van der Waals surface area contributed by atoms with Crippen molar-refractivity contribution in [3.8, 4) is 6.01 Å². The van der Waals surface area contributed by atoms with Crippen LogP contribution in [0.1, 0.15) is 13.3 Å². The fourth-order valence-corrected chi connectivity index (χ4v) is 1.81. The van der Waals surface area contributed by atoms with Gasteiger partial charge in [0.1, 0.15) is 11.4 Å². The lowest BCUT2D eigenvalue weighted by Gasteiger charge is -2.06. The van der Waals surface area contributed by atoms with Gasteiger partial charge in [0, 0.05) is 6.20 Å². The Morgan fingerprint density at radius 3 is 2.95 bits per heavy atom. The van der Waals surface area contributed by atoms with Crippen LogP contribution in [-0.2, 0) is 0 Å². The van der Waals surface area contributed by atoms with Crippen LogP contribution in [-0.4, -0.2) is 31.5 Å². The normalized spacial score (nSPS) is 10.2. The summed E-state index contributed by atoms with van der Waals surface area (Å²) in [7, 11) is 0. The fourth-order valence-electron chi connectivity index (χ4n) is 1.14. The van der Waals surface area contributed by atoms with Gasteiger partial charge in [-0.2, -0.15) is 15.0 Å². The first-order chi connectivity index (χ1) is 9.31. The summed E-state index contributed by atoms with van der Waals surface area (Å²) in [6.07, 6.45) is 3.97. The van der Waals surface area contributed by atoms with E-state index in [9.17, 15) is 0 Å². The SMILES string of the molecule is CCCOc1nc(NN)nc(Sc2ccncn2)n1. The zero-order chi connectivity index (χ0) is 13.5. The van der Waals surface area contributed by atoms with Crippen molar-refractivity contribution >= 4 is 17.7 Å². The maximum Gasteiger partial charge on any atom is 0.322 e. The molecule has 0 unspecified atom stereocenters. The van der Waals surface area contributed by atoms with E-state index in [1.54, 1.807) is 12.3 Å². The highest BCUT2D eigenvalue weighted by atomic mass is 32.2. The molecule has 0 saturated heterocycles. The predicted molar refractivity (Wildman–Crippen MR) is 69.6 cm³/mol. The minimum absolute atomic E-state index is 0.237. The summed E-state index contributed by atoms with van der Waals surface area (Å²) in [5.41, 5.74) is 2.38. The van der Waals surface area contributed by atoms with Crippen LogP contribution in [0.2, 0.25) is 0 Å². The first-order valence-corrected chi connectivity index (χ1v) is 6.43. The molecule has 0 atom stereocenters. The number of aromatic nitrogens is 5. The lowest BCUT2D eigenvalue weighted by atomic mass is 10.5. The maximum absolute atomic E-state index is 5.37. The average Bonchev–Trinajstić information content (AvgIpc) is 2.46. The maximum atomic E-state index is 5.37. The van der Waals surface area contributed by atoms with E-state index in [-0.39, 0.29) is 12.0 Å². The Hall–Kier alpha value is -2.00. The molecule has 0 aliphatic heterocycles. The third-order valence-electron chi connectivity index (χ3n) is 1.91. The molecule has 2 rings (SSSR count). The van der Waals surface area contributed by atoms with E-state index in [2.05, 4.69) is 30.3 Å². The zero-order valence-corrected chi connectivity index (χ0v) is 11.1. The molecule has 100 valence electrons. The van der Waals surface area contributed by atoms with E-state index in [0.29, 0.717) is 11.8 Å². The molecule has 2 aromatic heterocycles. The van der Waals surface area contributed by atoms with Crippen LogP contribution in [0.4, 0.5) is 5.95 Å². The number of hydrazine groups is 1. The molecule has 0 radical (unpaired) electrons. The second-order valence-electron chi connectivity index (χ2n) is 3.37. The average molecular weight is 279 g/mol. The summed E-state index contributed by atoms with van der Waals surface area (Å²) >= 11 is 1.28. The van der Waals surface area contributed by atoms with Gasteiger partial charge in [0.15, 0.2) is 0 Å². The van der Waals surface area contributed by atoms with Crippen molar-refractivity contribution in [2.45, 2.75) is 23.5 Å². The fraction of sp³-hybridized carbons (Fsp3) is 0.300. The molecule has 19 heavy (non-hydrogen) atoms. The molecule has 2 heterocycles. The van der Waals surface area contributed by atoms with Gasteiger partial charge in [0.25, 0.3) is 0 Å². The number of ether oxygens (including phenoxy) is 1. The lowest BCUT2D eigenvalue weighted by molar-refractivity contribution is 0.288. The minimum atomic E-state index is 0.237. The lowest BCUT2D eigenvalue weighted by Crippen LogP contribution is -2.13.